The van der Waals surface area contributed by atoms with Crippen LogP contribution < -0.4 is 0 Å². The quantitative estimate of drug-likeness (QED) is 0.719. The molecule has 0 N–H and O–H groups in total. The van der Waals surface area contributed by atoms with Crippen molar-refractivity contribution in [3.8, 4) is 0 Å². The van der Waals surface area contributed by atoms with E-state index in [4.69, 9.17) is 0 Å². The van der Waals surface area contributed by atoms with Crippen LogP contribution in [0, 0.1) is 0 Å². The van der Waals surface area contributed by atoms with E-state index in [2.05, 4.69) is 6.58 Å². The third-order valence-corrected chi connectivity index (χ3v) is 3.83. The van der Waals surface area contributed by atoms with Crippen LogP contribution in [0.15, 0.2) is 71.0 Å². The van der Waals surface area contributed by atoms with Crippen molar-refractivity contribution < 1.29 is 8.42 Å². The molecule has 0 fully saturated rings. The molecule has 0 saturated heterocycles. The highest BCUT2D eigenvalue weighted by Crippen LogP contribution is 2.19. The summed E-state index contributed by atoms with van der Waals surface area (Å²) in [6.07, 6.45) is 6.33. The van der Waals surface area contributed by atoms with E-state index in [0.717, 1.165) is 0 Å². The summed E-state index contributed by atoms with van der Waals surface area (Å²) < 4.78 is 24.2. The largest absolute Gasteiger partial charge is 0.219 e. The van der Waals surface area contributed by atoms with Gasteiger partial charge in [0.1, 0.15) is 0 Å². The number of allylic oxidation sites excluding steroid dienone is 4. The van der Waals surface area contributed by atoms with Gasteiger partial charge in [0, 0.05) is 0 Å². The van der Waals surface area contributed by atoms with E-state index >= 15 is 0 Å². The van der Waals surface area contributed by atoms with Gasteiger partial charge in [-0.3, -0.25) is 0 Å². The molecule has 0 amide bonds. The minimum atomic E-state index is -3.43. The van der Waals surface area contributed by atoms with Crippen molar-refractivity contribution in [1.82, 2.24) is 0 Å². The molecule has 0 heterocycles. The van der Waals surface area contributed by atoms with E-state index in [1.54, 1.807) is 42.5 Å². The molecule has 0 spiro atoms. The van der Waals surface area contributed by atoms with Gasteiger partial charge >= 0.3 is 0 Å². The first-order valence-electron chi connectivity index (χ1n) is 6.88. The molecule has 112 valence electrons. The maximum absolute atomic E-state index is 12.1. The lowest BCUT2D eigenvalue weighted by Gasteiger charge is -2.03. The smallest absolute Gasteiger partial charge is 0.206 e. The van der Waals surface area contributed by atoms with Crippen molar-refractivity contribution in [2.24, 2.45) is 0 Å². The van der Waals surface area contributed by atoms with Crippen LogP contribution in [0.5, 0.6) is 0 Å². The Labute approximate surface area is 124 Å². The van der Waals surface area contributed by atoms with E-state index in [1.165, 1.54) is 12.2 Å². The van der Waals surface area contributed by atoms with E-state index in [0.29, 0.717) is 0 Å². The minimum Gasteiger partial charge on any atom is -0.219 e. The summed E-state index contributed by atoms with van der Waals surface area (Å²) in [4.78, 5) is 0.488. The summed E-state index contributed by atoms with van der Waals surface area (Å²) in [5.41, 5.74) is 0. The average molecular weight is 294 g/mol. The first kappa shape index (κ1) is 20.7. The predicted molar refractivity (Wildman–Crippen MR) is 89.4 cm³/mol. The summed E-state index contributed by atoms with van der Waals surface area (Å²) in [7, 11) is -3.43. The molecule has 0 aliphatic rings. The third-order valence-electron chi connectivity index (χ3n) is 2.02. The highest BCUT2D eigenvalue weighted by molar-refractivity contribution is 7.95. The second kappa shape index (κ2) is 12.4. The van der Waals surface area contributed by atoms with Gasteiger partial charge in [-0.25, -0.2) is 8.42 Å². The SMILES string of the molecule is C=C/C(=C\C=C/C)S(=O)(=O)c1ccccc1.CC.CC. The zero-order chi connectivity index (χ0) is 16.0. The van der Waals surface area contributed by atoms with Gasteiger partial charge in [-0.2, -0.15) is 0 Å². The van der Waals surface area contributed by atoms with E-state index in [9.17, 15) is 8.42 Å². The highest BCUT2D eigenvalue weighted by atomic mass is 32.2. The fourth-order valence-corrected chi connectivity index (χ4v) is 2.46. The minimum absolute atomic E-state index is 0.205. The van der Waals surface area contributed by atoms with Gasteiger partial charge in [0.15, 0.2) is 0 Å². The van der Waals surface area contributed by atoms with Crippen LogP contribution in [0.3, 0.4) is 0 Å². The molecule has 0 atom stereocenters. The van der Waals surface area contributed by atoms with Crippen LogP contribution in [0.2, 0.25) is 0 Å². The normalized spacial score (nSPS) is 10.9. The molecule has 0 unspecified atom stereocenters. The molecule has 1 aromatic rings. The van der Waals surface area contributed by atoms with Crippen molar-refractivity contribution in [3.63, 3.8) is 0 Å². The van der Waals surface area contributed by atoms with Gasteiger partial charge in [-0.05, 0) is 25.1 Å². The topological polar surface area (TPSA) is 34.1 Å². The van der Waals surface area contributed by atoms with Crippen LogP contribution in [0.4, 0.5) is 0 Å². The molecule has 0 radical (unpaired) electrons. The summed E-state index contributed by atoms with van der Waals surface area (Å²) in [5.74, 6) is 0. The molecule has 0 saturated carbocycles. The van der Waals surface area contributed by atoms with Gasteiger partial charge < -0.3 is 0 Å². The Morgan fingerprint density at radius 3 is 1.95 bits per heavy atom. The molecule has 0 aliphatic heterocycles. The van der Waals surface area contributed by atoms with Crippen molar-refractivity contribution in [2.75, 3.05) is 0 Å². The maximum atomic E-state index is 12.1. The molecule has 1 aromatic carbocycles. The lowest BCUT2D eigenvalue weighted by Crippen LogP contribution is -2.02. The Balaban J connectivity index is 0. The zero-order valence-corrected chi connectivity index (χ0v) is 13.9. The fourth-order valence-electron chi connectivity index (χ4n) is 1.19. The monoisotopic (exact) mass is 294 g/mol. The van der Waals surface area contributed by atoms with Crippen LogP contribution in [-0.2, 0) is 9.84 Å². The van der Waals surface area contributed by atoms with Gasteiger partial charge in [0.2, 0.25) is 9.84 Å². The Morgan fingerprint density at radius 1 is 1.05 bits per heavy atom. The molecule has 0 aliphatic carbocycles. The van der Waals surface area contributed by atoms with Crippen molar-refractivity contribution >= 4 is 9.84 Å². The number of sulfone groups is 1. The van der Waals surface area contributed by atoms with Gasteiger partial charge in [0.05, 0.1) is 9.80 Å². The molecular weight excluding hydrogens is 268 g/mol. The highest BCUT2D eigenvalue weighted by Gasteiger charge is 2.16. The van der Waals surface area contributed by atoms with Crippen LogP contribution >= 0.6 is 0 Å². The van der Waals surface area contributed by atoms with Gasteiger partial charge in [0.25, 0.3) is 0 Å². The molecule has 0 aromatic heterocycles. The van der Waals surface area contributed by atoms with Crippen molar-refractivity contribution in [3.05, 3.63) is 66.1 Å². The zero-order valence-electron chi connectivity index (χ0n) is 13.1. The number of hydrogen-bond acceptors (Lipinski definition) is 2. The Bertz CT molecular complexity index is 509. The molecule has 3 heteroatoms. The van der Waals surface area contributed by atoms with Crippen LogP contribution in [-0.4, -0.2) is 8.42 Å². The predicted octanol–water partition coefficient (Wildman–Crippen LogP) is 5.16. The summed E-state index contributed by atoms with van der Waals surface area (Å²) in [6.45, 7) is 13.4. The first-order chi connectivity index (χ1) is 9.62. The Kier molecular flexibility index (Phi) is 12.9. The molecule has 2 nitrogen and oxygen atoms in total. The lowest BCUT2D eigenvalue weighted by molar-refractivity contribution is 0.603. The standard InChI is InChI=1S/C13H14O2S.2C2H6/c1-3-5-9-12(4-2)16(14,15)13-10-7-6-8-11-13;2*1-2/h3-11H,2H2,1H3;2*1-2H3/b5-3-,12-9+;;. The second-order valence-electron chi connectivity index (χ2n) is 3.12. The second-order valence-corrected chi connectivity index (χ2v) is 5.07. The summed E-state index contributed by atoms with van der Waals surface area (Å²) >= 11 is 0. The Morgan fingerprint density at radius 2 is 1.55 bits per heavy atom. The van der Waals surface area contributed by atoms with E-state index in [1.807, 2.05) is 34.6 Å². The Hall–Kier alpha value is -1.61. The van der Waals surface area contributed by atoms with Gasteiger partial charge in [-0.15, -0.1) is 0 Å². The molecule has 1 rings (SSSR count). The summed E-state index contributed by atoms with van der Waals surface area (Å²) in [6, 6.07) is 8.32. The number of rotatable bonds is 4. The van der Waals surface area contributed by atoms with Crippen LogP contribution in [0.25, 0.3) is 0 Å². The third kappa shape index (κ3) is 6.53. The fraction of sp³-hybridized carbons (Fsp3) is 0.294. The molecule has 0 bridgehead atoms. The average Bonchev–Trinajstić information content (AvgIpc) is 2.52. The maximum Gasteiger partial charge on any atom is 0.206 e. The lowest BCUT2D eigenvalue weighted by atomic mass is 10.4. The van der Waals surface area contributed by atoms with E-state index in [-0.39, 0.29) is 9.80 Å². The van der Waals surface area contributed by atoms with E-state index < -0.39 is 9.84 Å². The van der Waals surface area contributed by atoms with Crippen molar-refractivity contribution in [2.45, 2.75) is 39.5 Å². The number of hydrogen-bond donors (Lipinski definition) is 0. The van der Waals surface area contributed by atoms with Gasteiger partial charge in [-0.1, -0.05) is 70.7 Å². The molecule has 20 heavy (non-hydrogen) atoms. The number of benzene rings is 1. The molecular formula is C17H26O2S. The van der Waals surface area contributed by atoms with Crippen molar-refractivity contribution in [1.29, 1.82) is 0 Å². The first-order valence-corrected chi connectivity index (χ1v) is 8.37. The summed E-state index contributed by atoms with van der Waals surface area (Å²) in [5, 5.41) is 0. The van der Waals surface area contributed by atoms with Crippen LogP contribution in [0.1, 0.15) is 34.6 Å².